The Bertz CT molecular complexity index is 832. The van der Waals surface area contributed by atoms with E-state index in [0.717, 1.165) is 44.0 Å². The van der Waals surface area contributed by atoms with Crippen LogP contribution in [0.5, 0.6) is 5.75 Å². The van der Waals surface area contributed by atoms with Crippen molar-refractivity contribution in [1.82, 2.24) is 16.0 Å². The summed E-state index contributed by atoms with van der Waals surface area (Å²) in [6.45, 7) is 8.06. The van der Waals surface area contributed by atoms with Crippen LogP contribution in [0.4, 0.5) is 5.00 Å². The SMILES string of the molecule is CCNC(=O)COc1cccc(CN=C(NCC)NC2CCN(c3cccs3)CC2)c1. The minimum atomic E-state index is -0.116. The number of aliphatic imine (C=N–C) groups is 1. The molecule has 1 aromatic carbocycles. The van der Waals surface area contributed by atoms with Gasteiger partial charge in [-0.3, -0.25) is 4.79 Å². The highest BCUT2D eigenvalue weighted by molar-refractivity contribution is 7.14. The Hall–Kier alpha value is -2.74. The summed E-state index contributed by atoms with van der Waals surface area (Å²) in [6.07, 6.45) is 2.18. The number of hydrogen-bond donors (Lipinski definition) is 3. The first-order valence-corrected chi connectivity index (χ1v) is 11.9. The molecule has 1 amide bonds. The zero-order valence-electron chi connectivity index (χ0n) is 18.4. The molecule has 31 heavy (non-hydrogen) atoms. The topological polar surface area (TPSA) is 78.0 Å². The lowest BCUT2D eigenvalue weighted by atomic mass is 10.1. The lowest BCUT2D eigenvalue weighted by Gasteiger charge is -2.33. The van der Waals surface area contributed by atoms with Gasteiger partial charge in [-0.1, -0.05) is 12.1 Å². The summed E-state index contributed by atoms with van der Waals surface area (Å²) in [5.74, 6) is 1.40. The number of benzene rings is 1. The summed E-state index contributed by atoms with van der Waals surface area (Å²) in [5, 5.41) is 13.2. The number of ether oxygens (including phenoxy) is 1. The average Bonchev–Trinajstić information content (AvgIpc) is 3.32. The van der Waals surface area contributed by atoms with Gasteiger partial charge in [0.1, 0.15) is 5.75 Å². The Morgan fingerprint density at radius 1 is 1.16 bits per heavy atom. The summed E-state index contributed by atoms with van der Waals surface area (Å²) < 4.78 is 5.58. The van der Waals surface area contributed by atoms with Gasteiger partial charge >= 0.3 is 0 Å². The zero-order chi connectivity index (χ0) is 21.9. The minimum absolute atomic E-state index is 0.0227. The van der Waals surface area contributed by atoms with Crippen LogP contribution < -0.4 is 25.6 Å². The van der Waals surface area contributed by atoms with E-state index in [0.29, 0.717) is 24.9 Å². The van der Waals surface area contributed by atoms with Crippen molar-refractivity contribution in [3.63, 3.8) is 0 Å². The Morgan fingerprint density at radius 3 is 2.68 bits per heavy atom. The van der Waals surface area contributed by atoms with Gasteiger partial charge in [-0.2, -0.15) is 0 Å². The van der Waals surface area contributed by atoms with E-state index in [2.05, 4.69) is 45.3 Å². The molecule has 0 unspecified atom stereocenters. The third-order valence-corrected chi connectivity index (χ3v) is 5.99. The van der Waals surface area contributed by atoms with Gasteiger partial charge in [0.15, 0.2) is 12.6 Å². The first-order chi connectivity index (χ1) is 15.2. The number of likely N-dealkylation sites (N-methyl/N-ethyl adjacent to an activating group) is 1. The third-order valence-electron chi connectivity index (χ3n) is 5.06. The highest BCUT2D eigenvalue weighted by Crippen LogP contribution is 2.24. The molecule has 0 radical (unpaired) electrons. The van der Waals surface area contributed by atoms with Crippen molar-refractivity contribution in [3.8, 4) is 5.75 Å². The summed E-state index contributed by atoms with van der Waals surface area (Å²) >= 11 is 1.80. The molecule has 1 fully saturated rings. The van der Waals surface area contributed by atoms with E-state index >= 15 is 0 Å². The maximum Gasteiger partial charge on any atom is 0.257 e. The second kappa shape index (κ2) is 12.2. The van der Waals surface area contributed by atoms with Crippen molar-refractivity contribution >= 4 is 28.2 Å². The van der Waals surface area contributed by atoms with E-state index in [-0.39, 0.29) is 12.5 Å². The number of carbonyl (C=O) groups is 1. The molecule has 0 bridgehead atoms. The maximum absolute atomic E-state index is 11.6. The van der Waals surface area contributed by atoms with E-state index in [4.69, 9.17) is 9.73 Å². The van der Waals surface area contributed by atoms with Crippen LogP contribution in [0.15, 0.2) is 46.8 Å². The number of thiophene rings is 1. The van der Waals surface area contributed by atoms with Crippen molar-refractivity contribution in [1.29, 1.82) is 0 Å². The van der Waals surface area contributed by atoms with Crippen LogP contribution in [0.1, 0.15) is 32.3 Å². The molecule has 1 aliphatic heterocycles. The van der Waals surface area contributed by atoms with Crippen molar-refractivity contribution in [3.05, 3.63) is 47.3 Å². The molecular weight excluding hydrogens is 410 g/mol. The van der Waals surface area contributed by atoms with Crippen LogP contribution in [0.2, 0.25) is 0 Å². The molecular formula is C23H33N5O2S. The zero-order valence-corrected chi connectivity index (χ0v) is 19.2. The quantitative estimate of drug-likeness (QED) is 0.410. The number of nitrogens with one attached hydrogen (secondary N) is 3. The molecule has 1 aliphatic rings. The number of rotatable bonds is 9. The highest BCUT2D eigenvalue weighted by Gasteiger charge is 2.20. The van der Waals surface area contributed by atoms with Crippen LogP contribution in [-0.4, -0.2) is 50.7 Å². The van der Waals surface area contributed by atoms with Gasteiger partial charge in [-0.15, -0.1) is 11.3 Å². The van der Waals surface area contributed by atoms with Gasteiger partial charge in [0.2, 0.25) is 0 Å². The second-order valence-corrected chi connectivity index (χ2v) is 8.37. The third kappa shape index (κ3) is 7.47. The second-order valence-electron chi connectivity index (χ2n) is 7.44. The van der Waals surface area contributed by atoms with Crippen molar-refractivity contribution < 1.29 is 9.53 Å². The van der Waals surface area contributed by atoms with Gasteiger partial charge in [0.05, 0.1) is 11.5 Å². The number of hydrogen-bond acceptors (Lipinski definition) is 5. The fourth-order valence-electron chi connectivity index (χ4n) is 3.51. The van der Waals surface area contributed by atoms with E-state index in [9.17, 15) is 4.79 Å². The number of anilines is 1. The van der Waals surface area contributed by atoms with Gasteiger partial charge in [0.25, 0.3) is 5.91 Å². The predicted molar refractivity (Wildman–Crippen MR) is 128 cm³/mol. The first kappa shape index (κ1) is 22.9. The largest absolute Gasteiger partial charge is 0.484 e. The van der Waals surface area contributed by atoms with Crippen LogP contribution in [0.25, 0.3) is 0 Å². The number of guanidine groups is 1. The molecule has 8 heteroatoms. The molecule has 0 atom stereocenters. The van der Waals surface area contributed by atoms with E-state index in [1.807, 2.05) is 31.2 Å². The van der Waals surface area contributed by atoms with E-state index < -0.39 is 0 Å². The van der Waals surface area contributed by atoms with Crippen molar-refractivity contribution in [2.75, 3.05) is 37.7 Å². The fraction of sp³-hybridized carbons (Fsp3) is 0.478. The molecule has 0 aliphatic carbocycles. The van der Waals surface area contributed by atoms with Gasteiger partial charge in [-0.05, 0) is 61.9 Å². The van der Waals surface area contributed by atoms with Crippen LogP contribution in [0, 0.1) is 0 Å². The standard InChI is InChI=1S/C23H33N5O2S/c1-3-24-21(29)17-30-20-8-5-7-18(15-20)16-26-23(25-4-2)27-19-10-12-28(13-11-19)22-9-6-14-31-22/h5-9,14-15,19H,3-4,10-13,16-17H2,1-2H3,(H,24,29)(H2,25,26,27). The average molecular weight is 444 g/mol. The molecule has 0 spiro atoms. The van der Waals surface area contributed by atoms with E-state index in [1.54, 1.807) is 11.3 Å². The van der Waals surface area contributed by atoms with Gasteiger partial charge < -0.3 is 25.6 Å². The lowest BCUT2D eigenvalue weighted by Crippen LogP contribution is -2.48. The smallest absolute Gasteiger partial charge is 0.257 e. The molecule has 3 rings (SSSR count). The fourth-order valence-corrected chi connectivity index (χ4v) is 4.29. The van der Waals surface area contributed by atoms with Crippen molar-refractivity contribution in [2.24, 2.45) is 4.99 Å². The maximum atomic E-state index is 11.6. The van der Waals surface area contributed by atoms with Crippen LogP contribution >= 0.6 is 11.3 Å². The summed E-state index contributed by atoms with van der Waals surface area (Å²) in [6, 6.07) is 12.5. The van der Waals surface area contributed by atoms with Crippen LogP contribution in [-0.2, 0) is 11.3 Å². The summed E-state index contributed by atoms with van der Waals surface area (Å²) in [5.41, 5.74) is 1.04. The van der Waals surface area contributed by atoms with Gasteiger partial charge in [0, 0.05) is 32.2 Å². The molecule has 1 saturated heterocycles. The Kier molecular flexibility index (Phi) is 9.02. The Labute approximate surface area is 188 Å². The van der Waals surface area contributed by atoms with Crippen LogP contribution in [0.3, 0.4) is 0 Å². The first-order valence-electron chi connectivity index (χ1n) is 11.0. The minimum Gasteiger partial charge on any atom is -0.484 e. The normalized spacial score (nSPS) is 14.9. The molecule has 1 aromatic heterocycles. The molecule has 2 heterocycles. The number of carbonyl (C=O) groups excluding carboxylic acids is 1. The Morgan fingerprint density at radius 2 is 1.97 bits per heavy atom. The number of amides is 1. The molecule has 7 nitrogen and oxygen atoms in total. The monoisotopic (exact) mass is 443 g/mol. The van der Waals surface area contributed by atoms with E-state index in [1.165, 1.54) is 5.00 Å². The summed E-state index contributed by atoms with van der Waals surface area (Å²) in [4.78, 5) is 18.8. The number of nitrogens with zero attached hydrogens (tertiary/aromatic N) is 2. The predicted octanol–water partition coefficient (Wildman–Crippen LogP) is 2.99. The number of piperidine rings is 1. The molecule has 0 saturated carbocycles. The van der Waals surface area contributed by atoms with Gasteiger partial charge in [-0.25, -0.2) is 4.99 Å². The van der Waals surface area contributed by atoms with Crippen molar-refractivity contribution in [2.45, 2.75) is 39.3 Å². The summed E-state index contributed by atoms with van der Waals surface area (Å²) in [7, 11) is 0. The molecule has 3 N–H and O–H groups in total. The lowest BCUT2D eigenvalue weighted by molar-refractivity contribution is -0.122. The molecule has 2 aromatic rings. The molecule has 168 valence electrons. The highest BCUT2D eigenvalue weighted by atomic mass is 32.1. The Balaban J connectivity index is 1.51.